The Morgan fingerprint density at radius 1 is 1.35 bits per heavy atom. The van der Waals surface area contributed by atoms with Crippen LogP contribution in [0.4, 0.5) is 0 Å². The van der Waals surface area contributed by atoms with E-state index in [9.17, 15) is 5.11 Å². The fourth-order valence-electron chi connectivity index (χ4n) is 2.27. The third-order valence-corrected chi connectivity index (χ3v) is 3.21. The summed E-state index contributed by atoms with van der Waals surface area (Å²) in [6.07, 6.45) is 6.98. The first kappa shape index (κ1) is 12.6. The Hall–Kier alpha value is -0.840. The minimum atomic E-state index is -0.269. The van der Waals surface area contributed by atoms with Crippen molar-refractivity contribution in [3.8, 4) is 0 Å². The summed E-state index contributed by atoms with van der Waals surface area (Å²) in [5.41, 5.74) is 2.40. The monoisotopic (exact) mass is 239 g/mol. The van der Waals surface area contributed by atoms with Crippen LogP contribution in [0.25, 0.3) is 0 Å². The van der Waals surface area contributed by atoms with E-state index >= 15 is 0 Å². The van der Waals surface area contributed by atoms with E-state index in [1.165, 1.54) is 5.56 Å². The highest BCUT2D eigenvalue weighted by Crippen LogP contribution is 2.29. The molecule has 1 aliphatic carbocycles. The van der Waals surface area contributed by atoms with Gasteiger partial charge in [-0.25, -0.2) is 0 Å². The van der Waals surface area contributed by atoms with E-state index in [2.05, 4.69) is 17.0 Å². The molecule has 1 heterocycles. The van der Waals surface area contributed by atoms with Crippen molar-refractivity contribution in [2.45, 2.75) is 31.9 Å². The first-order valence-electron chi connectivity index (χ1n) is 6.24. The number of hydrogen-bond donors (Lipinski definition) is 1. The number of aromatic nitrogens is 1. The van der Waals surface area contributed by atoms with Gasteiger partial charge in [-0.1, -0.05) is 0 Å². The van der Waals surface area contributed by atoms with Gasteiger partial charge in [0.05, 0.1) is 25.9 Å². The van der Waals surface area contributed by atoms with E-state index < -0.39 is 0 Å². The predicted octanol–water partition coefficient (Wildman–Crippen LogP) is 1.52. The summed E-state index contributed by atoms with van der Waals surface area (Å²) >= 11 is 0. The molecule has 0 aromatic carbocycles. The van der Waals surface area contributed by atoms with E-state index in [0.717, 1.165) is 31.4 Å². The molecule has 1 aromatic rings. The van der Waals surface area contributed by atoms with Crippen molar-refractivity contribution in [2.75, 3.05) is 26.9 Å². The van der Waals surface area contributed by atoms with E-state index in [1.807, 2.05) is 0 Å². The van der Waals surface area contributed by atoms with E-state index in [-0.39, 0.29) is 6.10 Å². The number of fused-ring (bicyclic) bond motifs is 1. The van der Waals surface area contributed by atoms with Gasteiger partial charge in [0.25, 0.3) is 0 Å². The Balaban J connectivity index is 1.81. The number of ether oxygens (including phenoxy) is 2. The molecule has 0 spiro atoms. The first-order valence-corrected chi connectivity index (χ1v) is 6.24. The lowest BCUT2D eigenvalue weighted by molar-refractivity contribution is 0.0666. The average Bonchev–Trinajstić information content (AvgIpc) is 2.73. The van der Waals surface area contributed by atoms with Crippen LogP contribution in [0, 0.1) is 0 Å². The number of aryl methyl sites for hydroxylation is 1. The fourth-order valence-corrected chi connectivity index (χ4v) is 2.27. The lowest BCUT2D eigenvalue weighted by Gasteiger charge is -2.16. The van der Waals surface area contributed by atoms with Crippen LogP contribution in [-0.2, 0) is 22.4 Å². The molecule has 4 heteroatoms. The molecule has 1 aliphatic rings. The summed E-state index contributed by atoms with van der Waals surface area (Å²) in [5, 5.41) is 9.86. The smallest absolute Gasteiger partial charge is 0.0807 e. The molecule has 2 rings (SSSR count). The normalized spacial score (nSPS) is 19.3. The molecule has 0 fully saturated rings. The summed E-state index contributed by atoms with van der Waals surface area (Å²) in [6, 6.07) is 0. The van der Waals surface area contributed by atoms with Crippen molar-refractivity contribution >= 4 is 0 Å². The number of nitrogens with zero attached hydrogens (tertiary/aromatic N) is 1. The highest BCUT2D eigenvalue weighted by Gasteiger charge is 2.19. The van der Waals surface area contributed by atoms with Crippen LogP contribution in [0.5, 0.6) is 0 Å². The van der Waals surface area contributed by atoms with Crippen molar-refractivity contribution in [3.05, 3.63) is 23.5 Å². The summed E-state index contributed by atoms with van der Waals surface area (Å²) in [5.74, 6) is 0. The Kier molecular flexibility index (Phi) is 4.59. The summed E-state index contributed by atoms with van der Waals surface area (Å²) in [7, 11) is 1.67. The van der Waals surface area contributed by atoms with Crippen LogP contribution in [0.15, 0.2) is 12.4 Å². The zero-order valence-corrected chi connectivity index (χ0v) is 10.4. The fraction of sp³-hybridized carbons (Fsp3) is 0.692. The topological polar surface area (TPSA) is 43.6 Å². The molecular weight excluding hydrogens is 218 g/mol. The van der Waals surface area contributed by atoms with Gasteiger partial charge < -0.3 is 19.1 Å². The maximum atomic E-state index is 9.86. The van der Waals surface area contributed by atoms with Crippen LogP contribution < -0.4 is 0 Å². The van der Waals surface area contributed by atoms with Crippen molar-refractivity contribution in [2.24, 2.45) is 0 Å². The molecule has 1 aromatic heterocycles. The molecule has 0 aliphatic heterocycles. The largest absolute Gasteiger partial charge is 0.388 e. The van der Waals surface area contributed by atoms with Crippen LogP contribution in [0.2, 0.25) is 0 Å². The second-order valence-electron chi connectivity index (χ2n) is 4.49. The molecule has 0 saturated heterocycles. The van der Waals surface area contributed by atoms with Crippen LogP contribution in [0.1, 0.15) is 30.1 Å². The van der Waals surface area contributed by atoms with Gasteiger partial charge in [0.15, 0.2) is 0 Å². The van der Waals surface area contributed by atoms with Gasteiger partial charge in [-0.2, -0.15) is 0 Å². The molecule has 1 N–H and O–H groups in total. The van der Waals surface area contributed by atoms with Gasteiger partial charge in [-0.05, 0) is 24.8 Å². The number of aliphatic hydroxyl groups is 1. The second kappa shape index (κ2) is 6.19. The van der Waals surface area contributed by atoms with Crippen LogP contribution in [-0.4, -0.2) is 36.6 Å². The lowest BCUT2D eigenvalue weighted by Crippen LogP contribution is -2.08. The molecule has 0 amide bonds. The molecule has 0 saturated carbocycles. The van der Waals surface area contributed by atoms with E-state index in [0.29, 0.717) is 19.8 Å². The van der Waals surface area contributed by atoms with E-state index in [1.54, 1.807) is 7.11 Å². The molecular formula is C13H21NO3. The molecule has 17 heavy (non-hydrogen) atoms. The van der Waals surface area contributed by atoms with Gasteiger partial charge in [0.1, 0.15) is 0 Å². The number of hydrogen-bond acceptors (Lipinski definition) is 3. The number of methoxy groups -OCH3 is 1. The Morgan fingerprint density at radius 3 is 3.00 bits per heavy atom. The quantitative estimate of drug-likeness (QED) is 0.765. The summed E-state index contributed by atoms with van der Waals surface area (Å²) < 4.78 is 12.5. The van der Waals surface area contributed by atoms with Gasteiger partial charge in [0.2, 0.25) is 0 Å². The lowest BCUT2D eigenvalue weighted by atomic mass is 9.93. The third kappa shape index (κ3) is 3.31. The third-order valence-electron chi connectivity index (χ3n) is 3.21. The maximum absolute atomic E-state index is 9.86. The molecule has 96 valence electrons. The van der Waals surface area contributed by atoms with Crippen molar-refractivity contribution in [3.63, 3.8) is 0 Å². The average molecular weight is 239 g/mol. The van der Waals surface area contributed by atoms with Crippen molar-refractivity contribution in [1.82, 2.24) is 4.57 Å². The minimum absolute atomic E-state index is 0.269. The second-order valence-corrected chi connectivity index (χ2v) is 4.49. The summed E-state index contributed by atoms with van der Waals surface area (Å²) in [6.45, 7) is 2.80. The van der Waals surface area contributed by atoms with Crippen LogP contribution >= 0.6 is 0 Å². The van der Waals surface area contributed by atoms with E-state index in [4.69, 9.17) is 9.47 Å². The molecule has 1 atom stereocenters. The molecule has 0 radical (unpaired) electrons. The Bertz CT molecular complexity index is 348. The predicted molar refractivity (Wildman–Crippen MR) is 65.0 cm³/mol. The number of aliphatic hydroxyl groups excluding tert-OH is 1. The van der Waals surface area contributed by atoms with Gasteiger partial charge in [-0.3, -0.25) is 0 Å². The number of rotatable bonds is 6. The standard InChI is InChI=1S/C13H21NO3/c1-16-7-8-17-6-5-14-9-11-3-2-4-13(15)12(11)10-14/h9-10,13,15H,2-8H2,1H3. The highest BCUT2D eigenvalue weighted by atomic mass is 16.5. The minimum Gasteiger partial charge on any atom is -0.388 e. The summed E-state index contributed by atoms with van der Waals surface area (Å²) in [4.78, 5) is 0. The SMILES string of the molecule is COCCOCCn1cc2c(c1)C(O)CCC2. The van der Waals surface area contributed by atoms with Crippen molar-refractivity contribution < 1.29 is 14.6 Å². The molecule has 4 nitrogen and oxygen atoms in total. The zero-order valence-electron chi connectivity index (χ0n) is 10.4. The first-order chi connectivity index (χ1) is 8.31. The van der Waals surface area contributed by atoms with Crippen molar-refractivity contribution in [1.29, 1.82) is 0 Å². The Morgan fingerprint density at radius 2 is 2.24 bits per heavy atom. The zero-order chi connectivity index (χ0) is 12.1. The highest BCUT2D eigenvalue weighted by molar-refractivity contribution is 5.28. The maximum Gasteiger partial charge on any atom is 0.0807 e. The van der Waals surface area contributed by atoms with Crippen LogP contribution in [0.3, 0.4) is 0 Å². The van der Waals surface area contributed by atoms with Gasteiger partial charge in [-0.15, -0.1) is 0 Å². The Labute approximate surface area is 102 Å². The molecule has 1 unspecified atom stereocenters. The van der Waals surface area contributed by atoms with Gasteiger partial charge >= 0.3 is 0 Å². The molecule has 0 bridgehead atoms. The van der Waals surface area contributed by atoms with Gasteiger partial charge in [0, 0.05) is 31.6 Å².